The van der Waals surface area contributed by atoms with Crippen LogP contribution in [0.2, 0.25) is 0 Å². The van der Waals surface area contributed by atoms with Crippen LogP contribution in [0, 0.1) is 6.92 Å². The molecule has 0 saturated heterocycles. The summed E-state index contributed by atoms with van der Waals surface area (Å²) in [4.78, 5) is 9.04. The second kappa shape index (κ2) is 5.66. The maximum atomic E-state index is 4.72. The Morgan fingerprint density at radius 2 is 2.00 bits per heavy atom. The maximum absolute atomic E-state index is 4.72. The van der Waals surface area contributed by atoms with Crippen LogP contribution < -0.4 is 5.32 Å². The van der Waals surface area contributed by atoms with Crippen molar-refractivity contribution in [1.82, 2.24) is 19.9 Å². The van der Waals surface area contributed by atoms with Gasteiger partial charge < -0.3 is 9.88 Å². The van der Waals surface area contributed by atoms with Crippen molar-refractivity contribution in [2.45, 2.75) is 26.4 Å². The average molecular weight is 280 g/mol. The Bertz CT molecular complexity index is 743. The lowest BCUT2D eigenvalue weighted by Gasteiger charge is -2.13. The monoisotopic (exact) mass is 280 g/mol. The van der Waals surface area contributed by atoms with Gasteiger partial charge in [0.15, 0.2) is 0 Å². The molecule has 0 radical (unpaired) electrons. The van der Waals surface area contributed by atoms with Gasteiger partial charge in [-0.1, -0.05) is 18.2 Å². The highest BCUT2D eigenvalue weighted by molar-refractivity contribution is 5.75. The molecule has 0 spiro atoms. The first-order valence-electron chi connectivity index (χ1n) is 7.21. The molecule has 0 aliphatic heterocycles. The van der Waals surface area contributed by atoms with Crippen LogP contribution in [0.5, 0.6) is 0 Å². The van der Waals surface area contributed by atoms with Crippen LogP contribution in [-0.4, -0.2) is 14.5 Å². The number of nitrogens with zero attached hydrogens (tertiary/aromatic N) is 3. The van der Waals surface area contributed by atoms with E-state index in [0.717, 1.165) is 29.1 Å². The summed E-state index contributed by atoms with van der Waals surface area (Å²) >= 11 is 0. The first-order chi connectivity index (χ1) is 10.1. The third kappa shape index (κ3) is 2.81. The zero-order valence-corrected chi connectivity index (χ0v) is 12.7. The number of fused-ring (bicyclic) bond motifs is 1. The zero-order valence-electron chi connectivity index (χ0n) is 12.7. The molecule has 1 unspecified atom stereocenters. The maximum Gasteiger partial charge on any atom is 0.126 e. The van der Waals surface area contributed by atoms with Crippen molar-refractivity contribution in [3.05, 3.63) is 59.7 Å². The number of aromatic nitrogens is 3. The van der Waals surface area contributed by atoms with Crippen molar-refractivity contribution in [2.24, 2.45) is 7.05 Å². The molecule has 0 aliphatic rings. The summed E-state index contributed by atoms with van der Waals surface area (Å²) in [7, 11) is 2.07. The molecule has 0 aliphatic carbocycles. The molecule has 3 aromatic rings. The van der Waals surface area contributed by atoms with Gasteiger partial charge in [0.05, 0.1) is 17.1 Å². The van der Waals surface area contributed by atoms with Crippen molar-refractivity contribution < 1.29 is 0 Å². The predicted octanol–water partition coefficient (Wildman–Crippen LogP) is 3.13. The van der Waals surface area contributed by atoms with Gasteiger partial charge in [-0.25, -0.2) is 4.98 Å². The highest BCUT2D eigenvalue weighted by atomic mass is 15.1. The number of imidazole rings is 1. The third-order valence-corrected chi connectivity index (χ3v) is 3.79. The van der Waals surface area contributed by atoms with Crippen LogP contribution in [0.3, 0.4) is 0 Å². The second-order valence-corrected chi connectivity index (χ2v) is 5.43. The second-order valence-electron chi connectivity index (χ2n) is 5.43. The fraction of sp³-hybridized carbons (Fsp3) is 0.294. The van der Waals surface area contributed by atoms with Gasteiger partial charge in [0.25, 0.3) is 0 Å². The number of nitrogens with one attached hydrogen (secondary N) is 1. The summed E-state index contributed by atoms with van der Waals surface area (Å²) in [6.07, 6.45) is 1.92. The lowest BCUT2D eigenvalue weighted by Crippen LogP contribution is -2.21. The topological polar surface area (TPSA) is 42.7 Å². The number of para-hydroxylation sites is 2. The van der Waals surface area contributed by atoms with Crippen molar-refractivity contribution in [1.29, 1.82) is 0 Å². The molecule has 4 heteroatoms. The Labute approximate surface area is 124 Å². The van der Waals surface area contributed by atoms with Crippen LogP contribution in [0.15, 0.2) is 42.6 Å². The fourth-order valence-electron chi connectivity index (χ4n) is 2.52. The molecule has 0 bridgehead atoms. The van der Waals surface area contributed by atoms with Crippen LogP contribution in [0.25, 0.3) is 11.0 Å². The normalized spacial score (nSPS) is 12.7. The summed E-state index contributed by atoms with van der Waals surface area (Å²) < 4.78 is 2.15. The fourth-order valence-corrected chi connectivity index (χ4v) is 2.52. The average Bonchev–Trinajstić information content (AvgIpc) is 2.84. The van der Waals surface area contributed by atoms with Crippen molar-refractivity contribution in [3.8, 4) is 0 Å². The quantitative estimate of drug-likeness (QED) is 0.798. The minimum Gasteiger partial charge on any atom is -0.330 e. The van der Waals surface area contributed by atoms with E-state index < -0.39 is 0 Å². The predicted molar refractivity (Wildman–Crippen MR) is 84.9 cm³/mol. The number of hydrogen-bond donors (Lipinski definition) is 1. The summed E-state index contributed by atoms with van der Waals surface area (Å²) in [5.41, 5.74) is 4.44. The number of pyridine rings is 1. The molecule has 1 atom stereocenters. The Kier molecular flexibility index (Phi) is 3.71. The van der Waals surface area contributed by atoms with Crippen molar-refractivity contribution in [2.75, 3.05) is 0 Å². The third-order valence-electron chi connectivity index (χ3n) is 3.79. The van der Waals surface area contributed by atoms with Gasteiger partial charge in [0.2, 0.25) is 0 Å². The standard InChI is InChI=1S/C17H20N4/c1-12-8-9-14(10-18-12)11-19-13(2)17-20-15-6-4-5-7-16(15)21(17)3/h4-10,13,19H,11H2,1-3H3. The Balaban J connectivity index is 1.76. The first-order valence-corrected chi connectivity index (χ1v) is 7.21. The van der Waals surface area contributed by atoms with E-state index in [2.05, 4.69) is 47.0 Å². The SMILES string of the molecule is Cc1ccc(CNC(C)c2nc3ccccc3n2C)cn1. The molecular formula is C17H20N4. The van der Waals surface area contributed by atoms with E-state index in [4.69, 9.17) is 4.98 Å². The van der Waals surface area contributed by atoms with E-state index in [0.29, 0.717) is 0 Å². The van der Waals surface area contributed by atoms with Gasteiger partial charge in [0, 0.05) is 25.5 Å². The van der Waals surface area contributed by atoms with E-state index in [1.165, 1.54) is 5.56 Å². The van der Waals surface area contributed by atoms with E-state index in [-0.39, 0.29) is 6.04 Å². The Hall–Kier alpha value is -2.20. The molecule has 0 saturated carbocycles. The van der Waals surface area contributed by atoms with Crippen molar-refractivity contribution in [3.63, 3.8) is 0 Å². The van der Waals surface area contributed by atoms with Gasteiger partial charge in [-0.3, -0.25) is 4.98 Å². The molecular weight excluding hydrogens is 260 g/mol. The molecule has 3 rings (SSSR count). The highest BCUT2D eigenvalue weighted by Gasteiger charge is 2.13. The van der Waals surface area contributed by atoms with Crippen LogP contribution in [0.4, 0.5) is 0 Å². The molecule has 2 aromatic heterocycles. The molecule has 4 nitrogen and oxygen atoms in total. The zero-order chi connectivity index (χ0) is 14.8. The van der Waals surface area contributed by atoms with Gasteiger partial charge in [-0.15, -0.1) is 0 Å². The van der Waals surface area contributed by atoms with Gasteiger partial charge in [-0.05, 0) is 37.6 Å². The summed E-state index contributed by atoms with van der Waals surface area (Å²) in [6, 6.07) is 12.5. The number of rotatable bonds is 4. The van der Waals surface area contributed by atoms with E-state index in [1.54, 1.807) is 0 Å². The molecule has 0 amide bonds. The minimum atomic E-state index is 0.184. The largest absolute Gasteiger partial charge is 0.330 e. The van der Waals surface area contributed by atoms with Gasteiger partial charge in [0.1, 0.15) is 5.82 Å². The van der Waals surface area contributed by atoms with Gasteiger partial charge >= 0.3 is 0 Å². The molecule has 21 heavy (non-hydrogen) atoms. The lowest BCUT2D eigenvalue weighted by atomic mass is 10.2. The molecule has 1 N–H and O–H groups in total. The minimum absolute atomic E-state index is 0.184. The number of hydrogen-bond acceptors (Lipinski definition) is 3. The van der Waals surface area contributed by atoms with E-state index in [9.17, 15) is 0 Å². The summed E-state index contributed by atoms with van der Waals surface area (Å²) in [5.74, 6) is 1.05. The highest BCUT2D eigenvalue weighted by Crippen LogP contribution is 2.19. The number of aryl methyl sites for hydroxylation is 2. The van der Waals surface area contributed by atoms with Crippen molar-refractivity contribution >= 4 is 11.0 Å². The first kappa shape index (κ1) is 13.8. The van der Waals surface area contributed by atoms with Crippen LogP contribution >= 0.6 is 0 Å². The summed E-state index contributed by atoms with van der Waals surface area (Å²) in [6.45, 7) is 4.93. The Morgan fingerprint density at radius 1 is 1.19 bits per heavy atom. The lowest BCUT2D eigenvalue weighted by molar-refractivity contribution is 0.532. The van der Waals surface area contributed by atoms with E-state index >= 15 is 0 Å². The smallest absolute Gasteiger partial charge is 0.126 e. The van der Waals surface area contributed by atoms with Crippen LogP contribution in [0.1, 0.15) is 30.0 Å². The molecule has 2 heterocycles. The Morgan fingerprint density at radius 3 is 2.71 bits per heavy atom. The molecule has 1 aromatic carbocycles. The number of benzene rings is 1. The van der Waals surface area contributed by atoms with Gasteiger partial charge in [-0.2, -0.15) is 0 Å². The molecule has 108 valence electrons. The van der Waals surface area contributed by atoms with Crippen LogP contribution in [-0.2, 0) is 13.6 Å². The molecule has 0 fully saturated rings. The van der Waals surface area contributed by atoms with E-state index in [1.807, 2.05) is 31.3 Å². The summed E-state index contributed by atoms with van der Waals surface area (Å²) in [5, 5.41) is 3.51.